The van der Waals surface area contributed by atoms with E-state index < -0.39 is 0 Å². The predicted octanol–water partition coefficient (Wildman–Crippen LogP) is 6.45. The van der Waals surface area contributed by atoms with Crippen molar-refractivity contribution in [2.45, 2.75) is 6.42 Å². The average molecular weight is 480 g/mol. The van der Waals surface area contributed by atoms with E-state index in [2.05, 4.69) is 15.6 Å². The molecule has 0 aliphatic carbocycles. The van der Waals surface area contributed by atoms with E-state index in [1.54, 1.807) is 36.7 Å². The maximum absolute atomic E-state index is 12.8. The first-order chi connectivity index (χ1) is 17.0. The number of pyridine rings is 2. The molecule has 0 spiro atoms. The summed E-state index contributed by atoms with van der Waals surface area (Å²) < 4.78 is 0. The van der Waals surface area contributed by atoms with Gasteiger partial charge in [-0.1, -0.05) is 29.8 Å². The minimum atomic E-state index is -0.234. The summed E-state index contributed by atoms with van der Waals surface area (Å²) in [4.78, 5) is 21.6. The van der Waals surface area contributed by atoms with Crippen LogP contribution in [0.2, 0.25) is 5.02 Å². The number of carbonyl (C=O) groups is 1. The largest absolute Gasteiger partial charge is 0.399 e. The zero-order chi connectivity index (χ0) is 24.2. The van der Waals surface area contributed by atoms with Gasteiger partial charge in [-0.25, -0.2) is 4.98 Å². The Hall–Kier alpha value is -4.42. The lowest BCUT2D eigenvalue weighted by molar-refractivity contribution is 0.102. The topological polar surface area (TPSA) is 92.9 Å². The van der Waals surface area contributed by atoms with Crippen LogP contribution < -0.4 is 16.4 Å². The van der Waals surface area contributed by atoms with Crippen LogP contribution >= 0.6 is 11.6 Å². The maximum Gasteiger partial charge on any atom is 0.255 e. The van der Waals surface area contributed by atoms with E-state index in [9.17, 15) is 4.79 Å². The summed E-state index contributed by atoms with van der Waals surface area (Å²) in [6.45, 7) is 0. The zero-order valence-corrected chi connectivity index (χ0v) is 19.5. The Morgan fingerprint density at radius 2 is 1.71 bits per heavy atom. The predicted molar refractivity (Wildman–Crippen MR) is 142 cm³/mol. The van der Waals surface area contributed by atoms with Crippen LogP contribution in [0.4, 0.5) is 22.9 Å². The fourth-order valence-electron chi connectivity index (χ4n) is 3.93. The molecule has 0 aliphatic rings. The zero-order valence-electron chi connectivity index (χ0n) is 18.7. The van der Waals surface area contributed by atoms with Gasteiger partial charge in [0.25, 0.3) is 5.91 Å². The molecule has 0 saturated heterocycles. The fourth-order valence-corrected chi connectivity index (χ4v) is 4.12. The Labute approximate surface area is 207 Å². The number of benzene rings is 3. The SMILES string of the molecule is Nc1cccc(C(=O)Nc2ccc3c(Cc4ccncc4)cnc(Nc4cccc(Cl)c4)c3c2)c1. The van der Waals surface area contributed by atoms with Gasteiger partial charge >= 0.3 is 0 Å². The minimum Gasteiger partial charge on any atom is -0.399 e. The summed E-state index contributed by atoms with van der Waals surface area (Å²) in [5, 5.41) is 8.87. The second-order valence-electron chi connectivity index (χ2n) is 8.14. The Balaban J connectivity index is 1.54. The number of hydrogen-bond acceptors (Lipinski definition) is 5. The summed E-state index contributed by atoms with van der Waals surface area (Å²) in [5.41, 5.74) is 10.5. The third-order valence-corrected chi connectivity index (χ3v) is 5.84. The molecule has 0 aliphatic heterocycles. The van der Waals surface area contributed by atoms with Gasteiger partial charge in [0.1, 0.15) is 5.82 Å². The van der Waals surface area contributed by atoms with Crippen molar-refractivity contribution in [3.63, 3.8) is 0 Å². The first-order valence-electron chi connectivity index (χ1n) is 11.1. The number of amides is 1. The van der Waals surface area contributed by atoms with Gasteiger partial charge in [-0.2, -0.15) is 0 Å². The van der Waals surface area contributed by atoms with Crippen LogP contribution in [0, 0.1) is 0 Å². The lowest BCUT2D eigenvalue weighted by atomic mass is 10.0. The molecule has 5 aromatic rings. The Bertz CT molecular complexity index is 1520. The molecule has 2 aromatic heterocycles. The van der Waals surface area contributed by atoms with Crippen molar-refractivity contribution in [2.75, 3.05) is 16.4 Å². The normalized spacial score (nSPS) is 10.8. The van der Waals surface area contributed by atoms with Gasteiger partial charge in [-0.05, 0) is 83.6 Å². The first kappa shape index (κ1) is 22.4. The first-order valence-corrected chi connectivity index (χ1v) is 11.4. The molecule has 0 saturated carbocycles. The molecule has 0 fully saturated rings. The molecule has 172 valence electrons. The van der Waals surface area contributed by atoms with Gasteiger partial charge in [0.05, 0.1) is 0 Å². The van der Waals surface area contributed by atoms with E-state index in [-0.39, 0.29) is 5.91 Å². The van der Waals surface area contributed by atoms with Crippen molar-refractivity contribution in [1.29, 1.82) is 0 Å². The molecule has 3 aromatic carbocycles. The van der Waals surface area contributed by atoms with Crippen LogP contribution in [0.1, 0.15) is 21.5 Å². The van der Waals surface area contributed by atoms with Crippen LogP contribution in [-0.4, -0.2) is 15.9 Å². The van der Waals surface area contributed by atoms with Gasteiger partial charge in [0.2, 0.25) is 0 Å². The number of nitrogens with two attached hydrogens (primary N) is 1. The van der Waals surface area contributed by atoms with Crippen molar-refractivity contribution in [2.24, 2.45) is 0 Å². The molecule has 2 heterocycles. The van der Waals surface area contributed by atoms with Gasteiger partial charge in [-0.3, -0.25) is 9.78 Å². The number of nitrogens with one attached hydrogen (secondary N) is 2. The Kier molecular flexibility index (Phi) is 6.28. The van der Waals surface area contributed by atoms with Crippen molar-refractivity contribution < 1.29 is 4.79 Å². The summed E-state index contributed by atoms with van der Waals surface area (Å²) >= 11 is 6.17. The number of carbonyl (C=O) groups excluding carboxylic acids is 1. The lowest BCUT2D eigenvalue weighted by Crippen LogP contribution is -2.12. The van der Waals surface area contributed by atoms with Gasteiger partial charge < -0.3 is 16.4 Å². The van der Waals surface area contributed by atoms with Crippen molar-refractivity contribution in [3.05, 3.63) is 119 Å². The molecule has 6 nitrogen and oxygen atoms in total. The molecule has 0 atom stereocenters. The van der Waals surface area contributed by atoms with Crippen LogP contribution in [0.5, 0.6) is 0 Å². The van der Waals surface area contributed by atoms with Crippen LogP contribution in [-0.2, 0) is 6.42 Å². The van der Waals surface area contributed by atoms with E-state index in [1.165, 1.54) is 0 Å². The summed E-state index contributed by atoms with van der Waals surface area (Å²) in [6.07, 6.45) is 6.15. The molecule has 0 bridgehead atoms. The van der Waals surface area contributed by atoms with E-state index in [4.69, 9.17) is 22.3 Å². The van der Waals surface area contributed by atoms with Crippen LogP contribution in [0.3, 0.4) is 0 Å². The van der Waals surface area contributed by atoms with E-state index in [0.29, 0.717) is 34.2 Å². The second kappa shape index (κ2) is 9.83. The highest BCUT2D eigenvalue weighted by Gasteiger charge is 2.12. The molecule has 5 rings (SSSR count). The van der Waals surface area contributed by atoms with Gasteiger partial charge in [0.15, 0.2) is 0 Å². The number of nitrogens with zero attached hydrogens (tertiary/aromatic N) is 2. The average Bonchev–Trinajstić information content (AvgIpc) is 2.86. The fraction of sp³-hybridized carbons (Fsp3) is 0.0357. The number of rotatable bonds is 6. The van der Waals surface area contributed by atoms with Crippen LogP contribution in [0.25, 0.3) is 10.8 Å². The smallest absolute Gasteiger partial charge is 0.255 e. The van der Waals surface area contributed by atoms with Crippen molar-refractivity contribution in [3.8, 4) is 0 Å². The number of halogens is 1. The van der Waals surface area contributed by atoms with Crippen molar-refractivity contribution in [1.82, 2.24) is 9.97 Å². The summed E-state index contributed by atoms with van der Waals surface area (Å²) in [7, 11) is 0. The highest BCUT2D eigenvalue weighted by atomic mass is 35.5. The van der Waals surface area contributed by atoms with Gasteiger partial charge in [0, 0.05) is 51.6 Å². The summed E-state index contributed by atoms with van der Waals surface area (Å²) in [6, 6.07) is 24.2. The molecule has 35 heavy (non-hydrogen) atoms. The number of fused-ring (bicyclic) bond motifs is 1. The lowest BCUT2D eigenvalue weighted by Gasteiger charge is -2.14. The quantitative estimate of drug-likeness (QED) is 0.243. The molecule has 1 amide bonds. The molecule has 4 N–H and O–H groups in total. The molecule has 0 radical (unpaired) electrons. The highest BCUT2D eigenvalue weighted by molar-refractivity contribution is 6.30. The second-order valence-corrected chi connectivity index (χ2v) is 8.58. The molecular weight excluding hydrogens is 458 g/mol. The molecule has 7 heteroatoms. The van der Waals surface area contributed by atoms with E-state index in [1.807, 2.05) is 60.8 Å². The molecule has 0 unspecified atom stereocenters. The number of aromatic nitrogens is 2. The monoisotopic (exact) mass is 479 g/mol. The number of nitrogen functional groups attached to an aromatic ring is 1. The Morgan fingerprint density at radius 3 is 2.51 bits per heavy atom. The minimum absolute atomic E-state index is 0.234. The van der Waals surface area contributed by atoms with Crippen molar-refractivity contribution >= 4 is 51.2 Å². The number of hydrogen-bond donors (Lipinski definition) is 3. The van der Waals surface area contributed by atoms with E-state index >= 15 is 0 Å². The third-order valence-electron chi connectivity index (χ3n) is 5.61. The third kappa shape index (κ3) is 5.23. The van der Waals surface area contributed by atoms with Gasteiger partial charge in [-0.15, -0.1) is 0 Å². The van der Waals surface area contributed by atoms with E-state index in [0.717, 1.165) is 27.6 Å². The standard InChI is InChI=1S/C28H22ClN5O/c29-21-4-2-6-23(15-21)33-27-26-16-24(34-28(35)19-3-1-5-22(30)14-19)7-8-25(26)20(17-32-27)13-18-9-11-31-12-10-18/h1-12,14-17H,13,30H2,(H,32,33)(H,34,35). The summed E-state index contributed by atoms with van der Waals surface area (Å²) in [5.74, 6) is 0.433. The number of anilines is 4. The highest BCUT2D eigenvalue weighted by Crippen LogP contribution is 2.31. The maximum atomic E-state index is 12.8. The van der Waals surface area contributed by atoms with Crippen LogP contribution in [0.15, 0.2) is 97.5 Å². The molecular formula is C28H22ClN5O. The Morgan fingerprint density at radius 1 is 0.886 bits per heavy atom.